The van der Waals surface area contributed by atoms with Gasteiger partial charge in [-0.3, -0.25) is 0 Å². The van der Waals surface area contributed by atoms with E-state index in [0.29, 0.717) is 18.5 Å². The van der Waals surface area contributed by atoms with Gasteiger partial charge in [0.2, 0.25) is 20.0 Å². The van der Waals surface area contributed by atoms with Crippen LogP contribution in [0, 0.1) is 17.2 Å². The number of nitrogens with one attached hydrogen (secondary N) is 1. The Morgan fingerprint density at radius 2 is 1.96 bits per heavy atom. The van der Waals surface area contributed by atoms with Crippen LogP contribution in [-0.2, 0) is 20.0 Å². The second kappa shape index (κ2) is 7.44. The molecule has 1 N–H and O–H groups in total. The molecule has 0 amide bonds. The van der Waals surface area contributed by atoms with Crippen molar-refractivity contribution in [2.24, 2.45) is 5.92 Å². The summed E-state index contributed by atoms with van der Waals surface area (Å²) in [5.74, 6) is -0.0957. The molecule has 0 unspecified atom stereocenters. The maximum atomic E-state index is 12.7. The van der Waals surface area contributed by atoms with E-state index in [1.165, 1.54) is 28.6 Å². The molecule has 2 rings (SSSR count). The zero-order valence-electron chi connectivity index (χ0n) is 13.1. The Hall–Kier alpha value is -1.73. The molecule has 0 aromatic heterocycles. The monoisotopic (exact) mass is 369 g/mol. The molecule has 1 atom stereocenters. The van der Waals surface area contributed by atoms with Gasteiger partial charge in [-0.2, -0.15) is 9.57 Å². The summed E-state index contributed by atoms with van der Waals surface area (Å²) < 4.78 is 52.0. The van der Waals surface area contributed by atoms with Gasteiger partial charge in [-0.05, 0) is 43.0 Å². The molecule has 1 aliphatic rings. The Labute approximate surface area is 142 Å². The van der Waals surface area contributed by atoms with E-state index >= 15 is 0 Å². The van der Waals surface area contributed by atoms with Crippen molar-refractivity contribution in [3.63, 3.8) is 0 Å². The second-order valence-corrected chi connectivity index (χ2v) is 9.22. The van der Waals surface area contributed by atoms with E-state index in [2.05, 4.69) is 11.3 Å². The zero-order valence-corrected chi connectivity index (χ0v) is 14.7. The van der Waals surface area contributed by atoms with Gasteiger partial charge in [0.05, 0.1) is 16.5 Å². The van der Waals surface area contributed by atoms with Crippen molar-refractivity contribution in [3.8, 4) is 6.07 Å². The molecule has 1 fully saturated rings. The van der Waals surface area contributed by atoms with Crippen molar-refractivity contribution >= 4 is 20.0 Å². The Balaban J connectivity index is 2.10. The summed E-state index contributed by atoms with van der Waals surface area (Å²) in [6.07, 6.45) is 1.41. The van der Waals surface area contributed by atoms with Crippen LogP contribution < -0.4 is 4.72 Å². The molecule has 1 aromatic carbocycles. The third-order valence-corrected chi connectivity index (χ3v) is 6.78. The van der Waals surface area contributed by atoms with Crippen LogP contribution in [0.3, 0.4) is 0 Å². The number of hydrogen-bond acceptors (Lipinski definition) is 5. The minimum Gasteiger partial charge on any atom is -0.211 e. The predicted octanol–water partition coefficient (Wildman–Crippen LogP) is 1.02. The lowest BCUT2D eigenvalue weighted by Gasteiger charge is -2.31. The summed E-state index contributed by atoms with van der Waals surface area (Å²) in [6.45, 7) is 4.05. The molecule has 130 valence electrons. The van der Waals surface area contributed by atoms with Crippen molar-refractivity contribution in [1.82, 2.24) is 9.03 Å². The maximum absolute atomic E-state index is 12.7. The van der Waals surface area contributed by atoms with Crippen molar-refractivity contribution in [2.45, 2.75) is 17.7 Å². The van der Waals surface area contributed by atoms with Crippen LogP contribution in [0.5, 0.6) is 0 Å². The summed E-state index contributed by atoms with van der Waals surface area (Å²) in [4.78, 5) is 0.133. The van der Waals surface area contributed by atoms with Crippen LogP contribution in [-0.4, -0.2) is 40.8 Å². The van der Waals surface area contributed by atoms with E-state index in [1.807, 2.05) is 6.07 Å². The number of piperidine rings is 1. The SMILES string of the molecule is C=CS(=O)(=O)NC[C@H]1CCCN(S(=O)(=O)c2ccc(C#N)cc2)C1. The lowest BCUT2D eigenvalue weighted by atomic mass is 10.0. The zero-order chi connectivity index (χ0) is 17.8. The molecule has 1 aromatic rings. The van der Waals surface area contributed by atoms with Crippen LogP contribution in [0.1, 0.15) is 18.4 Å². The average Bonchev–Trinajstić information content (AvgIpc) is 2.60. The molecule has 1 saturated heterocycles. The minimum absolute atomic E-state index is 0.0957. The fourth-order valence-corrected chi connectivity index (χ4v) is 4.70. The molecule has 1 aliphatic heterocycles. The Bertz CT molecular complexity index is 840. The molecule has 0 aliphatic carbocycles. The van der Waals surface area contributed by atoms with Crippen molar-refractivity contribution < 1.29 is 16.8 Å². The largest absolute Gasteiger partial charge is 0.243 e. The molecule has 0 saturated carbocycles. The lowest BCUT2D eigenvalue weighted by molar-refractivity contribution is 0.267. The molecule has 0 spiro atoms. The molecular weight excluding hydrogens is 350 g/mol. The molecule has 0 radical (unpaired) electrons. The quantitative estimate of drug-likeness (QED) is 0.805. The highest BCUT2D eigenvalue weighted by Gasteiger charge is 2.30. The van der Waals surface area contributed by atoms with Gasteiger partial charge in [0.25, 0.3) is 0 Å². The number of hydrogen-bond donors (Lipinski definition) is 1. The first-order chi connectivity index (χ1) is 11.3. The highest BCUT2D eigenvalue weighted by molar-refractivity contribution is 7.92. The third kappa shape index (κ3) is 4.42. The van der Waals surface area contributed by atoms with Gasteiger partial charge in [-0.1, -0.05) is 6.58 Å². The standard InChI is InChI=1S/C15H19N3O4S2/c1-2-23(19,20)17-11-14-4-3-9-18(12-14)24(21,22)15-7-5-13(10-16)6-8-15/h2,5-8,14,17H,1,3-4,9,11-12H2/t14-/m1/s1. The number of benzene rings is 1. The topological polar surface area (TPSA) is 107 Å². The van der Waals surface area contributed by atoms with Crippen molar-refractivity contribution in [3.05, 3.63) is 41.8 Å². The predicted molar refractivity (Wildman–Crippen MR) is 89.8 cm³/mol. The molecular formula is C15H19N3O4S2. The van der Waals surface area contributed by atoms with Gasteiger partial charge in [0, 0.05) is 25.0 Å². The van der Waals surface area contributed by atoms with E-state index in [0.717, 1.165) is 11.8 Å². The van der Waals surface area contributed by atoms with Crippen LogP contribution >= 0.6 is 0 Å². The van der Waals surface area contributed by atoms with Crippen LogP contribution in [0.2, 0.25) is 0 Å². The number of nitrogens with zero attached hydrogens (tertiary/aromatic N) is 2. The molecule has 9 heteroatoms. The number of rotatable bonds is 6. The minimum atomic E-state index is -3.65. The summed E-state index contributed by atoms with van der Waals surface area (Å²) in [5, 5.41) is 9.62. The van der Waals surface area contributed by atoms with E-state index < -0.39 is 20.0 Å². The van der Waals surface area contributed by atoms with Gasteiger partial charge < -0.3 is 0 Å². The van der Waals surface area contributed by atoms with Gasteiger partial charge >= 0.3 is 0 Å². The second-order valence-electron chi connectivity index (χ2n) is 5.57. The van der Waals surface area contributed by atoms with Gasteiger partial charge in [-0.25, -0.2) is 21.6 Å². The van der Waals surface area contributed by atoms with Crippen LogP contribution in [0.25, 0.3) is 0 Å². The Morgan fingerprint density at radius 3 is 2.54 bits per heavy atom. The lowest BCUT2D eigenvalue weighted by Crippen LogP contribution is -2.43. The van der Waals surface area contributed by atoms with E-state index in [1.54, 1.807) is 0 Å². The van der Waals surface area contributed by atoms with E-state index in [9.17, 15) is 16.8 Å². The summed E-state index contributed by atoms with van der Waals surface area (Å²) >= 11 is 0. The first kappa shape index (κ1) is 18.6. The van der Waals surface area contributed by atoms with Gasteiger partial charge in [-0.15, -0.1) is 0 Å². The summed E-state index contributed by atoms with van der Waals surface area (Å²) in [7, 11) is -7.17. The fourth-order valence-electron chi connectivity index (χ4n) is 2.56. The van der Waals surface area contributed by atoms with Crippen LogP contribution in [0.4, 0.5) is 0 Å². The summed E-state index contributed by atoms with van der Waals surface area (Å²) in [5.41, 5.74) is 0.393. The number of nitriles is 1. The van der Waals surface area contributed by atoms with E-state index in [-0.39, 0.29) is 23.9 Å². The molecule has 0 bridgehead atoms. The molecule has 1 heterocycles. The maximum Gasteiger partial charge on any atom is 0.243 e. The van der Waals surface area contributed by atoms with Crippen molar-refractivity contribution in [2.75, 3.05) is 19.6 Å². The summed E-state index contributed by atoms with van der Waals surface area (Å²) in [6, 6.07) is 7.71. The number of sulfonamides is 2. The molecule has 7 nitrogen and oxygen atoms in total. The Morgan fingerprint density at radius 1 is 1.29 bits per heavy atom. The highest BCUT2D eigenvalue weighted by atomic mass is 32.2. The Kier molecular flexibility index (Phi) is 5.77. The van der Waals surface area contributed by atoms with Gasteiger partial charge in [0.1, 0.15) is 0 Å². The van der Waals surface area contributed by atoms with Crippen molar-refractivity contribution in [1.29, 1.82) is 5.26 Å². The first-order valence-corrected chi connectivity index (χ1v) is 10.4. The van der Waals surface area contributed by atoms with Gasteiger partial charge in [0.15, 0.2) is 0 Å². The normalized spacial score (nSPS) is 19.5. The fraction of sp³-hybridized carbons (Fsp3) is 0.400. The highest BCUT2D eigenvalue weighted by Crippen LogP contribution is 2.23. The van der Waals surface area contributed by atoms with E-state index in [4.69, 9.17) is 5.26 Å². The average molecular weight is 369 g/mol. The third-order valence-electron chi connectivity index (χ3n) is 3.90. The smallest absolute Gasteiger partial charge is 0.211 e. The first-order valence-electron chi connectivity index (χ1n) is 7.41. The molecule has 24 heavy (non-hydrogen) atoms. The van der Waals surface area contributed by atoms with Crippen LogP contribution in [0.15, 0.2) is 41.1 Å².